The van der Waals surface area contributed by atoms with Crippen molar-refractivity contribution in [1.82, 2.24) is 4.98 Å². The number of hydrogen-bond acceptors (Lipinski definition) is 3. The molecule has 5 heteroatoms. The summed E-state index contributed by atoms with van der Waals surface area (Å²) in [5, 5.41) is 2.13. The Hall–Kier alpha value is -1.32. The van der Waals surface area contributed by atoms with E-state index >= 15 is 0 Å². The Kier molecular flexibility index (Phi) is 2.99. The predicted molar refractivity (Wildman–Crippen MR) is 63.1 cm³/mol. The number of benzene rings is 1. The molecular weight excluding hydrogens is 249 g/mol. The molecule has 0 saturated heterocycles. The van der Waals surface area contributed by atoms with E-state index in [1.807, 2.05) is 0 Å². The van der Waals surface area contributed by atoms with Gasteiger partial charge in [-0.05, 0) is 12.1 Å². The molecule has 0 radical (unpaired) electrons. The summed E-state index contributed by atoms with van der Waals surface area (Å²) >= 11 is 11.7. The second-order valence-corrected chi connectivity index (χ2v) is 3.94. The first kappa shape index (κ1) is 11.2. The molecule has 0 unspecified atom stereocenters. The smallest absolute Gasteiger partial charge is 0.341 e. The van der Waals surface area contributed by atoms with Gasteiger partial charge in [0.15, 0.2) is 0 Å². The zero-order chi connectivity index (χ0) is 11.7. The van der Waals surface area contributed by atoms with Crippen LogP contribution in [0, 0.1) is 0 Å². The minimum atomic E-state index is -0.509. The van der Waals surface area contributed by atoms with Gasteiger partial charge in [-0.1, -0.05) is 29.3 Å². The summed E-state index contributed by atoms with van der Waals surface area (Å²) in [5.41, 5.74) is 0.262. The lowest BCUT2D eigenvalue weighted by Gasteiger charge is -2.06. The van der Waals surface area contributed by atoms with Crippen LogP contribution in [0.25, 0.3) is 10.8 Å². The topological polar surface area (TPSA) is 39.2 Å². The van der Waals surface area contributed by atoms with E-state index < -0.39 is 5.97 Å². The molecule has 82 valence electrons. The number of rotatable bonds is 1. The summed E-state index contributed by atoms with van der Waals surface area (Å²) in [5.74, 6) is -0.509. The van der Waals surface area contributed by atoms with Gasteiger partial charge in [0.25, 0.3) is 0 Å². The van der Waals surface area contributed by atoms with Crippen molar-refractivity contribution in [2.24, 2.45) is 0 Å². The number of aromatic nitrogens is 1. The molecule has 0 saturated carbocycles. The number of fused-ring (bicyclic) bond motifs is 1. The fourth-order valence-electron chi connectivity index (χ4n) is 1.47. The van der Waals surface area contributed by atoms with Crippen LogP contribution < -0.4 is 0 Å². The molecule has 3 nitrogen and oxygen atoms in total. The molecule has 0 amide bonds. The molecule has 0 atom stereocenters. The normalized spacial score (nSPS) is 10.4. The second-order valence-electron chi connectivity index (χ2n) is 3.15. The fraction of sp³-hybridized carbons (Fsp3) is 0.0909. The highest BCUT2D eigenvalue weighted by atomic mass is 35.5. The largest absolute Gasteiger partial charge is 0.465 e. The fourth-order valence-corrected chi connectivity index (χ4v) is 1.87. The highest BCUT2D eigenvalue weighted by Gasteiger charge is 2.16. The molecule has 0 N–H and O–H groups in total. The zero-order valence-corrected chi connectivity index (χ0v) is 9.84. The van der Waals surface area contributed by atoms with E-state index in [0.717, 1.165) is 5.39 Å². The Balaban J connectivity index is 2.79. The molecule has 0 fully saturated rings. The minimum absolute atomic E-state index is 0.127. The van der Waals surface area contributed by atoms with Gasteiger partial charge in [-0.2, -0.15) is 0 Å². The number of ether oxygens (including phenoxy) is 1. The van der Waals surface area contributed by atoms with Gasteiger partial charge in [-0.25, -0.2) is 9.78 Å². The van der Waals surface area contributed by atoms with Gasteiger partial charge in [0.05, 0.1) is 7.11 Å². The molecule has 0 aliphatic carbocycles. The molecule has 1 heterocycles. The molecular formula is C11H7Cl2NO2. The maximum absolute atomic E-state index is 11.6. The highest BCUT2D eigenvalue weighted by molar-refractivity contribution is 6.34. The van der Waals surface area contributed by atoms with Crippen LogP contribution in [0.3, 0.4) is 0 Å². The molecule has 1 aromatic heterocycles. The van der Waals surface area contributed by atoms with Crippen molar-refractivity contribution in [3.8, 4) is 0 Å². The number of nitrogens with zero attached hydrogens (tertiary/aromatic N) is 1. The monoisotopic (exact) mass is 255 g/mol. The maximum Gasteiger partial charge on any atom is 0.341 e. The quantitative estimate of drug-likeness (QED) is 0.580. The van der Waals surface area contributed by atoms with Crippen LogP contribution >= 0.6 is 23.2 Å². The number of pyridine rings is 1. The minimum Gasteiger partial charge on any atom is -0.465 e. The summed E-state index contributed by atoms with van der Waals surface area (Å²) in [6, 6.07) is 5.12. The van der Waals surface area contributed by atoms with Gasteiger partial charge < -0.3 is 4.74 Å². The Morgan fingerprint density at radius 1 is 1.38 bits per heavy atom. The van der Waals surface area contributed by atoms with Crippen LogP contribution in [0.5, 0.6) is 0 Å². The zero-order valence-electron chi connectivity index (χ0n) is 8.33. The molecule has 0 bridgehead atoms. The van der Waals surface area contributed by atoms with E-state index in [-0.39, 0.29) is 10.7 Å². The van der Waals surface area contributed by atoms with E-state index in [4.69, 9.17) is 23.2 Å². The van der Waals surface area contributed by atoms with Crippen LogP contribution in [0.1, 0.15) is 10.4 Å². The van der Waals surface area contributed by atoms with E-state index in [2.05, 4.69) is 9.72 Å². The Labute approximate surface area is 102 Å². The maximum atomic E-state index is 11.6. The van der Waals surface area contributed by atoms with Gasteiger partial charge in [0, 0.05) is 22.0 Å². The number of carbonyl (C=O) groups is 1. The summed E-state index contributed by atoms with van der Waals surface area (Å²) in [7, 11) is 1.30. The highest BCUT2D eigenvalue weighted by Crippen LogP contribution is 2.26. The number of halogens is 2. The third-order valence-electron chi connectivity index (χ3n) is 2.20. The van der Waals surface area contributed by atoms with E-state index in [1.165, 1.54) is 7.11 Å². The van der Waals surface area contributed by atoms with Crippen LogP contribution in [-0.4, -0.2) is 18.1 Å². The van der Waals surface area contributed by atoms with E-state index in [9.17, 15) is 4.79 Å². The van der Waals surface area contributed by atoms with Crippen molar-refractivity contribution in [3.63, 3.8) is 0 Å². The van der Waals surface area contributed by atoms with Crippen molar-refractivity contribution in [2.75, 3.05) is 7.11 Å². The number of esters is 1. The first-order chi connectivity index (χ1) is 7.63. The number of hydrogen-bond donors (Lipinski definition) is 0. The van der Waals surface area contributed by atoms with Crippen LogP contribution in [-0.2, 0) is 4.74 Å². The van der Waals surface area contributed by atoms with Crippen molar-refractivity contribution in [2.45, 2.75) is 0 Å². The third-order valence-corrected chi connectivity index (χ3v) is 2.72. The summed E-state index contributed by atoms with van der Waals surface area (Å²) in [6.45, 7) is 0. The van der Waals surface area contributed by atoms with Gasteiger partial charge in [-0.3, -0.25) is 0 Å². The van der Waals surface area contributed by atoms with Gasteiger partial charge in [0.2, 0.25) is 0 Å². The van der Waals surface area contributed by atoms with Gasteiger partial charge >= 0.3 is 5.97 Å². The lowest BCUT2D eigenvalue weighted by molar-refractivity contribution is 0.0603. The lowest BCUT2D eigenvalue weighted by atomic mass is 10.1. The molecule has 2 rings (SSSR count). The number of methoxy groups -OCH3 is 1. The summed E-state index contributed by atoms with van der Waals surface area (Å²) in [6.07, 6.45) is 1.57. The van der Waals surface area contributed by atoms with E-state index in [1.54, 1.807) is 24.4 Å². The summed E-state index contributed by atoms with van der Waals surface area (Å²) < 4.78 is 4.66. The Bertz CT molecular complexity index is 569. The van der Waals surface area contributed by atoms with Gasteiger partial charge in [0.1, 0.15) is 10.7 Å². The first-order valence-electron chi connectivity index (χ1n) is 4.45. The molecule has 0 aliphatic heterocycles. The molecule has 16 heavy (non-hydrogen) atoms. The number of carbonyl (C=O) groups excluding carboxylic acids is 1. The molecule has 1 aromatic carbocycles. The van der Waals surface area contributed by atoms with Crippen LogP contribution in [0.4, 0.5) is 0 Å². The second kappa shape index (κ2) is 4.28. The van der Waals surface area contributed by atoms with Crippen LogP contribution in [0.15, 0.2) is 24.4 Å². The average molecular weight is 256 g/mol. The van der Waals surface area contributed by atoms with Crippen molar-refractivity contribution in [3.05, 3.63) is 40.1 Å². The van der Waals surface area contributed by atoms with Gasteiger partial charge in [-0.15, -0.1) is 0 Å². The van der Waals surface area contributed by atoms with Crippen LogP contribution in [0.2, 0.25) is 10.2 Å². The predicted octanol–water partition coefficient (Wildman–Crippen LogP) is 3.33. The average Bonchev–Trinajstić information content (AvgIpc) is 2.28. The third kappa shape index (κ3) is 1.84. The molecule has 0 spiro atoms. The standard InChI is InChI=1S/C11H7Cl2NO2/c1-16-11(15)9-8-3-2-7(12)4-6(8)5-14-10(9)13/h2-5H,1H3. The molecule has 2 aromatic rings. The lowest BCUT2D eigenvalue weighted by Crippen LogP contribution is -2.04. The SMILES string of the molecule is COC(=O)c1c(Cl)ncc2cc(Cl)ccc12. The van der Waals surface area contributed by atoms with Crippen molar-refractivity contribution < 1.29 is 9.53 Å². The van der Waals surface area contributed by atoms with Crippen molar-refractivity contribution >= 4 is 39.9 Å². The van der Waals surface area contributed by atoms with Crippen molar-refractivity contribution in [1.29, 1.82) is 0 Å². The Morgan fingerprint density at radius 3 is 2.81 bits per heavy atom. The summed E-state index contributed by atoms with van der Waals surface area (Å²) in [4.78, 5) is 15.5. The Morgan fingerprint density at radius 2 is 2.12 bits per heavy atom. The van der Waals surface area contributed by atoms with E-state index in [0.29, 0.717) is 10.4 Å². The molecule has 0 aliphatic rings. The first-order valence-corrected chi connectivity index (χ1v) is 5.21.